The van der Waals surface area contributed by atoms with Crippen LogP contribution in [0, 0.1) is 0 Å². The summed E-state index contributed by atoms with van der Waals surface area (Å²) in [6.45, 7) is 2.21. The number of methoxy groups -OCH3 is 1. The molecule has 0 aliphatic heterocycles. The van der Waals surface area contributed by atoms with E-state index in [0.717, 1.165) is 6.42 Å². The topological polar surface area (TPSA) is 9.23 Å². The summed E-state index contributed by atoms with van der Waals surface area (Å²) in [6, 6.07) is 0. The molecular weight excluding hydrogens is 112 g/mol. The first-order valence-electron chi connectivity index (χ1n) is 3.59. The number of allylic oxidation sites excluding steroid dienone is 1. The molecule has 1 nitrogen and oxygen atoms in total. The first-order valence-corrected chi connectivity index (χ1v) is 3.59. The molecule has 0 bridgehead atoms. The molecule has 0 unspecified atom stereocenters. The Morgan fingerprint density at radius 3 is 2.67 bits per heavy atom. The van der Waals surface area contributed by atoms with E-state index in [1.54, 1.807) is 13.4 Å². The fraction of sp³-hybridized carbons (Fsp3) is 0.750. The van der Waals surface area contributed by atoms with Crippen LogP contribution in [0.2, 0.25) is 0 Å². The Morgan fingerprint density at radius 2 is 2.11 bits per heavy atom. The largest absolute Gasteiger partial charge is 0.505 e. The lowest BCUT2D eigenvalue weighted by Gasteiger charge is -1.90. The van der Waals surface area contributed by atoms with Crippen molar-refractivity contribution in [2.24, 2.45) is 0 Å². The van der Waals surface area contributed by atoms with Crippen LogP contribution in [0.5, 0.6) is 0 Å². The average Bonchev–Trinajstić information content (AvgIpc) is 1.89. The number of ether oxygens (including phenoxy) is 1. The van der Waals surface area contributed by atoms with E-state index < -0.39 is 0 Å². The molecule has 0 aliphatic rings. The Bertz CT molecular complexity index is 67.0. The molecule has 0 aromatic carbocycles. The van der Waals surface area contributed by atoms with E-state index in [0.29, 0.717) is 0 Å². The Labute approximate surface area is 57.7 Å². The lowest BCUT2D eigenvalue weighted by molar-refractivity contribution is 0.336. The quantitative estimate of drug-likeness (QED) is 0.408. The van der Waals surface area contributed by atoms with Gasteiger partial charge in [0.15, 0.2) is 0 Å². The van der Waals surface area contributed by atoms with Crippen LogP contribution in [0.15, 0.2) is 12.3 Å². The molecule has 0 aromatic rings. The second kappa shape index (κ2) is 7.54. The Balaban J connectivity index is 2.82. The number of hydrogen-bond donors (Lipinski definition) is 0. The van der Waals surface area contributed by atoms with Gasteiger partial charge < -0.3 is 4.74 Å². The molecule has 0 spiro atoms. The van der Waals surface area contributed by atoms with Gasteiger partial charge in [0.1, 0.15) is 0 Å². The van der Waals surface area contributed by atoms with Crippen LogP contribution >= 0.6 is 0 Å². The highest BCUT2D eigenvalue weighted by Crippen LogP contribution is 1.98. The number of unbranched alkanes of at least 4 members (excludes halogenated alkanes) is 3. The van der Waals surface area contributed by atoms with E-state index in [1.165, 1.54) is 19.3 Å². The first-order chi connectivity index (χ1) is 4.41. The number of rotatable bonds is 5. The molecule has 0 atom stereocenters. The fourth-order valence-corrected chi connectivity index (χ4v) is 0.676. The molecule has 0 saturated heterocycles. The number of hydrogen-bond acceptors (Lipinski definition) is 1. The zero-order valence-corrected chi connectivity index (χ0v) is 6.39. The maximum Gasteiger partial charge on any atom is 0.0784 e. The van der Waals surface area contributed by atoms with Crippen LogP contribution in [-0.2, 0) is 4.74 Å². The summed E-state index contributed by atoms with van der Waals surface area (Å²) in [5.74, 6) is 0. The van der Waals surface area contributed by atoms with Gasteiger partial charge in [-0.05, 0) is 18.9 Å². The van der Waals surface area contributed by atoms with E-state index in [-0.39, 0.29) is 0 Å². The van der Waals surface area contributed by atoms with Crippen molar-refractivity contribution < 1.29 is 4.74 Å². The van der Waals surface area contributed by atoms with Gasteiger partial charge in [0.25, 0.3) is 0 Å². The van der Waals surface area contributed by atoms with Crippen LogP contribution in [0.4, 0.5) is 0 Å². The Hall–Kier alpha value is -0.460. The molecule has 0 rings (SSSR count). The molecule has 0 N–H and O–H groups in total. The van der Waals surface area contributed by atoms with Crippen molar-refractivity contribution >= 4 is 0 Å². The van der Waals surface area contributed by atoms with E-state index in [2.05, 4.69) is 13.0 Å². The summed E-state index contributed by atoms with van der Waals surface area (Å²) in [6.07, 6.45) is 8.87. The highest BCUT2D eigenvalue weighted by atomic mass is 16.5. The average molecular weight is 128 g/mol. The van der Waals surface area contributed by atoms with Gasteiger partial charge in [0.2, 0.25) is 0 Å². The summed E-state index contributed by atoms with van der Waals surface area (Å²) in [5.41, 5.74) is 0. The lowest BCUT2D eigenvalue weighted by Crippen LogP contribution is -1.71. The van der Waals surface area contributed by atoms with Crippen LogP contribution in [0.25, 0.3) is 0 Å². The third-order valence-corrected chi connectivity index (χ3v) is 1.21. The fourth-order valence-electron chi connectivity index (χ4n) is 0.676. The third-order valence-electron chi connectivity index (χ3n) is 1.21. The second-order valence-corrected chi connectivity index (χ2v) is 2.10. The van der Waals surface area contributed by atoms with Crippen molar-refractivity contribution in [3.63, 3.8) is 0 Å². The zero-order chi connectivity index (χ0) is 6.95. The lowest BCUT2D eigenvalue weighted by atomic mass is 10.2. The molecule has 0 radical (unpaired) electrons. The van der Waals surface area contributed by atoms with E-state index in [4.69, 9.17) is 4.74 Å². The van der Waals surface area contributed by atoms with Crippen molar-refractivity contribution in [2.75, 3.05) is 7.11 Å². The molecule has 54 valence electrons. The molecule has 0 aromatic heterocycles. The zero-order valence-electron chi connectivity index (χ0n) is 6.39. The minimum absolute atomic E-state index is 1.15. The van der Waals surface area contributed by atoms with Gasteiger partial charge in [-0.15, -0.1) is 0 Å². The van der Waals surface area contributed by atoms with Crippen molar-refractivity contribution in [1.29, 1.82) is 0 Å². The van der Waals surface area contributed by atoms with Crippen LogP contribution < -0.4 is 0 Å². The van der Waals surface area contributed by atoms with Crippen molar-refractivity contribution in [3.05, 3.63) is 12.3 Å². The molecule has 9 heavy (non-hydrogen) atoms. The standard InChI is InChI=1S/C8H16O/c1-3-4-5-6-7-8-9-2/h7-8H,3-6H2,1-2H3/b8-7-. The van der Waals surface area contributed by atoms with Gasteiger partial charge in [-0.25, -0.2) is 0 Å². The maximum atomic E-state index is 4.74. The van der Waals surface area contributed by atoms with Gasteiger partial charge in [0, 0.05) is 0 Å². The highest BCUT2D eigenvalue weighted by Gasteiger charge is 1.79. The summed E-state index contributed by atoms with van der Waals surface area (Å²) in [4.78, 5) is 0. The minimum atomic E-state index is 1.15. The summed E-state index contributed by atoms with van der Waals surface area (Å²) < 4.78 is 4.74. The van der Waals surface area contributed by atoms with Crippen molar-refractivity contribution in [1.82, 2.24) is 0 Å². The Kier molecular flexibility index (Phi) is 7.15. The molecule has 0 fully saturated rings. The van der Waals surface area contributed by atoms with Crippen LogP contribution in [0.1, 0.15) is 32.6 Å². The SMILES string of the molecule is CCCCC/C=C\OC. The van der Waals surface area contributed by atoms with Gasteiger partial charge in [0.05, 0.1) is 13.4 Å². The molecule has 0 amide bonds. The third kappa shape index (κ3) is 7.54. The highest BCUT2D eigenvalue weighted by molar-refractivity contribution is 4.72. The summed E-state index contributed by atoms with van der Waals surface area (Å²) >= 11 is 0. The maximum absolute atomic E-state index is 4.74. The summed E-state index contributed by atoms with van der Waals surface area (Å²) in [7, 11) is 1.68. The molecule has 0 aliphatic carbocycles. The minimum Gasteiger partial charge on any atom is -0.505 e. The smallest absolute Gasteiger partial charge is 0.0784 e. The molecule has 0 heterocycles. The predicted molar refractivity (Wildman–Crippen MR) is 40.3 cm³/mol. The molecular formula is C8H16O. The van der Waals surface area contributed by atoms with Gasteiger partial charge in [-0.1, -0.05) is 19.8 Å². The van der Waals surface area contributed by atoms with E-state index in [1.807, 2.05) is 0 Å². The van der Waals surface area contributed by atoms with Crippen LogP contribution in [-0.4, -0.2) is 7.11 Å². The monoisotopic (exact) mass is 128 g/mol. The van der Waals surface area contributed by atoms with E-state index in [9.17, 15) is 0 Å². The van der Waals surface area contributed by atoms with Crippen molar-refractivity contribution in [2.45, 2.75) is 32.6 Å². The van der Waals surface area contributed by atoms with Crippen LogP contribution in [0.3, 0.4) is 0 Å². The van der Waals surface area contributed by atoms with Gasteiger partial charge >= 0.3 is 0 Å². The van der Waals surface area contributed by atoms with Gasteiger partial charge in [-0.2, -0.15) is 0 Å². The molecule has 0 saturated carbocycles. The first kappa shape index (κ1) is 8.54. The Morgan fingerprint density at radius 1 is 1.33 bits per heavy atom. The second-order valence-electron chi connectivity index (χ2n) is 2.10. The van der Waals surface area contributed by atoms with Crippen molar-refractivity contribution in [3.8, 4) is 0 Å². The normalized spacial score (nSPS) is 10.4. The van der Waals surface area contributed by atoms with E-state index >= 15 is 0 Å². The molecule has 1 heteroatoms. The predicted octanol–water partition coefficient (Wildman–Crippen LogP) is 2.73. The van der Waals surface area contributed by atoms with Gasteiger partial charge in [-0.3, -0.25) is 0 Å². The summed E-state index contributed by atoms with van der Waals surface area (Å²) in [5, 5.41) is 0.